The van der Waals surface area contributed by atoms with Gasteiger partial charge in [0.25, 0.3) is 0 Å². The molecule has 0 aromatic carbocycles. The Morgan fingerprint density at radius 3 is 2.58 bits per heavy atom. The van der Waals surface area contributed by atoms with Crippen LogP contribution in [0.15, 0.2) is 23.9 Å². The first kappa shape index (κ1) is 29.2. The number of allylic oxidation sites excluding steroid dienone is 1. The van der Waals surface area contributed by atoms with Crippen molar-refractivity contribution in [2.24, 2.45) is 0 Å². The lowest BCUT2D eigenvalue weighted by atomic mass is 10.0. The molecule has 6 N–H and O–H groups in total. The molecule has 1 fully saturated rings. The number of hydrogen-bond acceptors (Lipinski definition) is 8. The van der Waals surface area contributed by atoms with Crippen LogP contribution in [0.1, 0.15) is 45.3 Å². The van der Waals surface area contributed by atoms with Crippen LogP contribution in [0, 0.1) is 0 Å². The van der Waals surface area contributed by atoms with Crippen molar-refractivity contribution in [2.45, 2.75) is 63.6 Å². The van der Waals surface area contributed by atoms with Crippen molar-refractivity contribution in [3.05, 3.63) is 29.2 Å². The Labute approximate surface area is 211 Å². The number of hydrogen-bond donors (Lipinski definition) is 6. The predicted molar refractivity (Wildman–Crippen MR) is 132 cm³/mol. The van der Waals surface area contributed by atoms with Crippen molar-refractivity contribution < 1.29 is 42.9 Å². The Morgan fingerprint density at radius 1 is 1.31 bits per heavy atom. The Morgan fingerprint density at radius 2 is 1.97 bits per heavy atom. The van der Waals surface area contributed by atoms with Gasteiger partial charge in [-0.15, -0.1) is 0 Å². The molecule has 0 bridgehead atoms. The van der Waals surface area contributed by atoms with Crippen molar-refractivity contribution in [1.82, 2.24) is 14.5 Å². The third-order valence-corrected chi connectivity index (χ3v) is 9.36. The number of nitrogens with one attached hydrogen (secondary N) is 1. The van der Waals surface area contributed by atoms with Crippen LogP contribution in [0.3, 0.4) is 0 Å². The lowest BCUT2D eigenvalue weighted by Crippen LogP contribution is -2.34. The van der Waals surface area contributed by atoms with E-state index in [1.54, 1.807) is 13.0 Å². The fourth-order valence-corrected chi connectivity index (χ4v) is 6.80. The van der Waals surface area contributed by atoms with E-state index in [0.29, 0.717) is 11.2 Å². The zero-order valence-corrected chi connectivity index (χ0v) is 22.0. The summed E-state index contributed by atoms with van der Waals surface area (Å²) in [7, 11) is -9.59. The van der Waals surface area contributed by atoms with Gasteiger partial charge in [0.15, 0.2) is 18.3 Å². The summed E-state index contributed by atoms with van der Waals surface area (Å²) in [6.45, 7) is 0.869. The summed E-state index contributed by atoms with van der Waals surface area (Å²) in [6.07, 6.45) is 0.856. The van der Waals surface area contributed by atoms with Crippen LogP contribution >= 0.6 is 26.8 Å². The molecule has 2 aromatic heterocycles. The molecular weight excluding hydrogens is 541 g/mol. The van der Waals surface area contributed by atoms with E-state index in [1.165, 1.54) is 12.3 Å². The number of rotatable bonds is 12. The highest BCUT2D eigenvalue weighted by molar-refractivity contribution is 7.70. The van der Waals surface area contributed by atoms with Gasteiger partial charge in [-0.25, -0.2) is 9.37 Å². The van der Waals surface area contributed by atoms with Crippen molar-refractivity contribution in [3.8, 4) is 0 Å². The molecule has 0 saturated heterocycles. The van der Waals surface area contributed by atoms with Gasteiger partial charge in [-0.05, 0) is 42.5 Å². The van der Waals surface area contributed by atoms with E-state index in [-0.39, 0.29) is 29.0 Å². The van der Waals surface area contributed by atoms with Crippen molar-refractivity contribution >= 4 is 43.6 Å². The zero-order chi connectivity index (χ0) is 26.7. The maximum atomic E-state index is 15.3. The lowest BCUT2D eigenvalue weighted by molar-refractivity contribution is -0.0349. The maximum absolute atomic E-state index is 15.3. The molecule has 2 heterocycles. The highest BCUT2D eigenvalue weighted by Crippen LogP contribution is 2.55. The predicted octanol–water partition coefficient (Wildman–Crippen LogP) is 3.30. The first-order valence-electron chi connectivity index (χ1n) is 11.3. The van der Waals surface area contributed by atoms with Gasteiger partial charge >= 0.3 is 15.2 Å². The van der Waals surface area contributed by atoms with E-state index >= 15 is 4.39 Å². The molecule has 12 nitrogen and oxygen atoms in total. The first-order chi connectivity index (χ1) is 16.8. The fourth-order valence-electron chi connectivity index (χ4n) is 4.09. The monoisotopic (exact) mass is 570 g/mol. The van der Waals surface area contributed by atoms with E-state index in [9.17, 15) is 24.2 Å². The van der Waals surface area contributed by atoms with Gasteiger partial charge in [-0.1, -0.05) is 25.8 Å². The van der Waals surface area contributed by atoms with E-state index < -0.39 is 46.2 Å². The number of anilines is 1. The molecular formula is C20H30ClFN4O8P2. The lowest BCUT2D eigenvalue weighted by Gasteiger charge is -2.25. The molecule has 1 aliphatic rings. The summed E-state index contributed by atoms with van der Waals surface area (Å²) >= 11 is 6.07. The number of aromatic nitrogens is 3. The molecule has 202 valence electrons. The Hall–Kier alpha value is -1.40. The summed E-state index contributed by atoms with van der Waals surface area (Å²) in [5, 5.41) is 25.0. The van der Waals surface area contributed by atoms with Crippen LogP contribution in [0.4, 0.5) is 10.2 Å². The van der Waals surface area contributed by atoms with Gasteiger partial charge in [0.1, 0.15) is 17.6 Å². The zero-order valence-electron chi connectivity index (χ0n) is 19.4. The number of nitrogens with zero attached hydrogens (tertiary/aromatic N) is 3. The largest absolute Gasteiger partial charge is 0.385 e. The van der Waals surface area contributed by atoms with Crippen LogP contribution in [-0.2, 0) is 13.7 Å². The van der Waals surface area contributed by atoms with Gasteiger partial charge < -0.3 is 39.3 Å². The second-order valence-corrected chi connectivity index (χ2v) is 13.0. The highest BCUT2D eigenvalue weighted by Gasteiger charge is 2.35. The summed E-state index contributed by atoms with van der Waals surface area (Å²) in [4.78, 5) is 35.8. The highest BCUT2D eigenvalue weighted by atomic mass is 35.5. The number of alkyl halides is 1. The molecule has 0 aliphatic heterocycles. The Balaban J connectivity index is 1.79. The topological polar surface area (TPSA) is 187 Å². The Bertz CT molecular complexity index is 1190. The molecule has 1 aliphatic carbocycles. The van der Waals surface area contributed by atoms with Crippen LogP contribution in [-0.4, -0.2) is 70.3 Å². The molecule has 2 aromatic rings. The van der Waals surface area contributed by atoms with Crippen molar-refractivity contribution in [1.29, 1.82) is 0 Å². The quantitative estimate of drug-likeness (QED) is 0.125. The molecule has 0 amide bonds. The summed E-state index contributed by atoms with van der Waals surface area (Å²) in [5.74, 6) is -0.980. The van der Waals surface area contributed by atoms with E-state index in [2.05, 4.69) is 15.3 Å². The van der Waals surface area contributed by atoms with E-state index in [0.717, 1.165) is 30.3 Å². The Kier molecular flexibility index (Phi) is 9.70. The SMILES string of the molecule is CC/C=C(/COP(=O)(O)CP(=O)(O)O)[C@@H](O)[C@H](F)[C@@H](O)n1ccc2c(NC3CCCC3)nc(Cl)nc21. The van der Waals surface area contributed by atoms with Crippen molar-refractivity contribution in [2.75, 3.05) is 17.8 Å². The minimum Gasteiger partial charge on any atom is -0.385 e. The van der Waals surface area contributed by atoms with Gasteiger partial charge in [0.05, 0.1) is 12.0 Å². The molecule has 1 unspecified atom stereocenters. The molecule has 0 spiro atoms. The summed E-state index contributed by atoms with van der Waals surface area (Å²) < 4.78 is 44.1. The van der Waals surface area contributed by atoms with Gasteiger partial charge in [-0.2, -0.15) is 4.98 Å². The number of fused-ring (bicyclic) bond motifs is 1. The third-order valence-electron chi connectivity index (χ3n) is 5.75. The molecule has 36 heavy (non-hydrogen) atoms. The molecule has 0 radical (unpaired) electrons. The van der Waals surface area contributed by atoms with Gasteiger partial charge in [0.2, 0.25) is 5.28 Å². The van der Waals surface area contributed by atoms with Crippen molar-refractivity contribution in [3.63, 3.8) is 0 Å². The van der Waals surface area contributed by atoms with Crippen LogP contribution < -0.4 is 5.32 Å². The number of halogens is 2. The van der Waals surface area contributed by atoms with E-state index in [4.69, 9.17) is 25.9 Å². The molecule has 16 heteroatoms. The second-order valence-electron chi connectivity index (χ2n) is 8.63. The minimum absolute atomic E-state index is 0.116. The van der Waals surface area contributed by atoms with Gasteiger partial charge in [-0.3, -0.25) is 9.13 Å². The first-order valence-corrected chi connectivity index (χ1v) is 15.3. The fraction of sp³-hybridized carbons (Fsp3) is 0.600. The minimum atomic E-state index is -4.86. The smallest absolute Gasteiger partial charge is 0.340 e. The van der Waals surface area contributed by atoms with Crippen LogP contribution in [0.5, 0.6) is 0 Å². The number of aliphatic hydroxyl groups excluding tert-OH is 2. The standard InChI is InChI=1S/C20H30ClFN4O8P2/c1-2-5-12(10-34-36(32,33)11-35(29,30)31)16(27)15(22)19(28)26-9-8-14-17(23-13-6-3-4-7-13)24-20(21)25-18(14)26/h5,8-9,13,15-16,19,27-28H,2-4,6-7,10-11H2,1H3,(H,32,33)(H,23,24,25)(H2,29,30,31)/b12-5-/t15-,16+,19+/m0/s1. The van der Waals surface area contributed by atoms with Crippen LogP contribution in [0.25, 0.3) is 11.0 Å². The maximum Gasteiger partial charge on any atom is 0.340 e. The average Bonchev–Trinajstić information content (AvgIpc) is 3.43. The summed E-state index contributed by atoms with van der Waals surface area (Å²) in [5.41, 5.74) is -0.0478. The van der Waals surface area contributed by atoms with Gasteiger partial charge in [0, 0.05) is 12.2 Å². The van der Waals surface area contributed by atoms with E-state index in [1.807, 2.05) is 0 Å². The normalized spacial score (nSPS) is 19.8. The third kappa shape index (κ3) is 7.56. The average molecular weight is 571 g/mol. The molecule has 4 atom stereocenters. The summed E-state index contributed by atoms with van der Waals surface area (Å²) in [6, 6.07) is 1.79. The molecule has 3 rings (SSSR count). The number of aliphatic hydroxyl groups is 2. The molecule has 1 saturated carbocycles. The van der Waals surface area contributed by atoms with Crippen LogP contribution in [0.2, 0.25) is 5.28 Å². The second kappa shape index (κ2) is 12.0.